The van der Waals surface area contributed by atoms with E-state index in [4.69, 9.17) is 62.7 Å². The van der Waals surface area contributed by atoms with Crippen LogP contribution in [0.25, 0.3) is 33.4 Å². The first-order valence-corrected chi connectivity index (χ1v) is 18.7. The topological polar surface area (TPSA) is 267 Å². The van der Waals surface area contributed by atoms with Crippen LogP contribution in [0.5, 0.6) is 23.0 Å². The number of carbonyl (C=O) groups excluding carboxylic acids is 3. The molecular weight excluding hydrogens is 864 g/mol. The predicted molar refractivity (Wildman–Crippen MR) is 211 cm³/mol. The van der Waals surface area contributed by atoms with Crippen LogP contribution in [0.4, 0.5) is 14.5 Å². The first-order chi connectivity index (χ1) is 31.1. The minimum absolute atomic E-state index is 0.0243. The van der Waals surface area contributed by atoms with Crippen LogP contribution in [-0.4, -0.2) is 126 Å². The van der Waals surface area contributed by atoms with E-state index in [1.54, 1.807) is 18.2 Å². The lowest BCUT2D eigenvalue weighted by Gasteiger charge is -2.26. The van der Waals surface area contributed by atoms with E-state index in [2.05, 4.69) is 14.2 Å². The van der Waals surface area contributed by atoms with E-state index >= 15 is 4.39 Å². The van der Waals surface area contributed by atoms with E-state index in [9.17, 15) is 23.6 Å². The average Bonchev–Trinajstić information content (AvgIpc) is 3.27. The smallest absolute Gasteiger partial charge is 0.346 e. The fourth-order valence-corrected chi connectivity index (χ4v) is 5.74. The van der Waals surface area contributed by atoms with Crippen molar-refractivity contribution in [2.75, 3.05) is 92.2 Å². The number of fused-ring (bicyclic) bond motifs is 2. The number of nitrogens with zero attached hydrogens (tertiary/aromatic N) is 1. The van der Waals surface area contributed by atoms with Gasteiger partial charge in [-0.3, -0.25) is 14.4 Å². The number of aliphatic hydroxyl groups excluding tert-OH is 4. The van der Waals surface area contributed by atoms with Crippen LogP contribution >= 0.6 is 0 Å². The van der Waals surface area contributed by atoms with Crippen LogP contribution < -0.4 is 29.3 Å². The summed E-state index contributed by atoms with van der Waals surface area (Å²) in [5.41, 5.74) is -0.582. The highest BCUT2D eigenvalue weighted by atomic mass is 19.1. The highest BCUT2D eigenvalue weighted by Gasteiger charge is 2.26. The number of rotatable bonds is 27. The molecule has 0 atom stereocenters. The number of hydrogen-bond acceptors (Lipinski definition) is 21. The van der Waals surface area contributed by atoms with Crippen molar-refractivity contribution in [1.29, 1.82) is 0 Å². The van der Waals surface area contributed by atoms with Gasteiger partial charge in [0.15, 0.2) is 62.7 Å². The van der Waals surface area contributed by atoms with Crippen molar-refractivity contribution in [1.82, 2.24) is 0 Å². The molecule has 0 bridgehead atoms. The molecule has 0 fully saturated rings. The Labute approximate surface area is 360 Å². The lowest BCUT2D eigenvalue weighted by atomic mass is 9.93. The quantitative estimate of drug-likeness (QED) is 0.0193. The van der Waals surface area contributed by atoms with E-state index in [1.807, 2.05) is 0 Å². The number of esters is 3. The molecule has 3 aromatic rings. The Balaban J connectivity index is 1.55. The summed E-state index contributed by atoms with van der Waals surface area (Å²) in [7, 11) is 0. The average molecular weight is 906 g/mol. The largest absolute Gasteiger partial charge is 0.488 e. The molecule has 3 aromatic carbocycles. The zero-order chi connectivity index (χ0) is 45.8. The minimum atomic E-state index is -1.15. The molecule has 64 heavy (non-hydrogen) atoms. The van der Waals surface area contributed by atoms with Gasteiger partial charge in [-0.25, -0.2) is 13.6 Å². The monoisotopic (exact) mass is 905 g/mol. The summed E-state index contributed by atoms with van der Waals surface area (Å²) in [5, 5.41) is 35.7. The van der Waals surface area contributed by atoms with Gasteiger partial charge in [0.25, 0.3) is 0 Å². The van der Waals surface area contributed by atoms with E-state index in [0.29, 0.717) is 0 Å². The number of ether oxygens (including phenoxy) is 11. The first kappa shape index (κ1) is 48.3. The molecule has 4 N–H and O–H groups in total. The van der Waals surface area contributed by atoms with Crippen LogP contribution in [0.3, 0.4) is 0 Å². The maximum atomic E-state index is 15.6. The third-order valence-corrected chi connectivity index (χ3v) is 8.42. The molecule has 1 heterocycles. The maximum absolute atomic E-state index is 15.6. The van der Waals surface area contributed by atoms with Crippen molar-refractivity contribution in [2.24, 2.45) is 0 Å². The Morgan fingerprint density at radius 2 is 1.17 bits per heavy atom. The highest BCUT2D eigenvalue weighted by Crippen LogP contribution is 2.44. The number of para-hydroxylation sites is 2. The second-order valence-corrected chi connectivity index (χ2v) is 12.5. The highest BCUT2D eigenvalue weighted by molar-refractivity contribution is 6.02. The summed E-state index contributed by atoms with van der Waals surface area (Å²) in [6.45, 7) is -7.45. The normalized spacial score (nSPS) is 11.0. The maximum Gasteiger partial charge on any atom is 0.346 e. The van der Waals surface area contributed by atoms with Crippen LogP contribution in [-0.2, 0) is 47.5 Å². The van der Waals surface area contributed by atoms with Gasteiger partial charge in [-0.2, -0.15) is 0 Å². The fraction of sp³-hybridized carbons (Fsp3) is 0.317. The molecule has 2 aliphatic rings. The van der Waals surface area contributed by atoms with Gasteiger partial charge in [0, 0.05) is 28.6 Å². The van der Waals surface area contributed by atoms with Crippen molar-refractivity contribution < 1.29 is 100 Å². The zero-order valence-electron chi connectivity index (χ0n) is 33.6. The van der Waals surface area contributed by atoms with E-state index in [1.165, 1.54) is 35.2 Å². The van der Waals surface area contributed by atoms with Crippen molar-refractivity contribution in [3.63, 3.8) is 0 Å². The van der Waals surface area contributed by atoms with Crippen molar-refractivity contribution in [2.45, 2.75) is 0 Å². The minimum Gasteiger partial charge on any atom is -0.488 e. The summed E-state index contributed by atoms with van der Waals surface area (Å²) < 4.78 is 92.9. The molecule has 344 valence electrons. The third kappa shape index (κ3) is 13.6. The van der Waals surface area contributed by atoms with E-state index in [0.717, 1.165) is 18.2 Å². The zero-order valence-corrected chi connectivity index (χ0v) is 33.6. The third-order valence-electron chi connectivity index (χ3n) is 8.42. The van der Waals surface area contributed by atoms with Gasteiger partial charge in [-0.05, 0) is 42.0 Å². The SMILES string of the molecule is O=C(COc1ccccc1OCCOc1cc(-c2c3cc(F)c(=O)cc-3oc3cc(OCOCO)c(F)cc23)ccc1N(CC(=O)OCOCO)CC(=O)OCOCO)OCOCO. The van der Waals surface area contributed by atoms with Gasteiger partial charge in [0.1, 0.15) is 70.6 Å². The number of halogens is 2. The van der Waals surface area contributed by atoms with Gasteiger partial charge in [-0.15, -0.1) is 0 Å². The lowest BCUT2D eigenvalue weighted by Crippen LogP contribution is -2.37. The van der Waals surface area contributed by atoms with Gasteiger partial charge < -0.3 is 81.8 Å². The predicted octanol–water partition coefficient (Wildman–Crippen LogP) is 2.19. The van der Waals surface area contributed by atoms with Crippen LogP contribution in [0.15, 0.2) is 75.9 Å². The molecule has 0 radical (unpaired) electrons. The Bertz CT molecular complexity index is 2340. The molecule has 1 aliphatic heterocycles. The first-order valence-electron chi connectivity index (χ1n) is 18.7. The summed E-state index contributed by atoms with van der Waals surface area (Å²) in [5.74, 6) is -4.90. The molecule has 23 heteroatoms. The summed E-state index contributed by atoms with van der Waals surface area (Å²) in [4.78, 5) is 51.6. The second-order valence-electron chi connectivity index (χ2n) is 12.5. The molecule has 0 amide bonds. The molecular formula is C41H41F2NO20. The summed E-state index contributed by atoms with van der Waals surface area (Å²) >= 11 is 0. The molecule has 0 saturated heterocycles. The van der Waals surface area contributed by atoms with Crippen molar-refractivity contribution >= 4 is 34.6 Å². The molecule has 1 aliphatic carbocycles. The Morgan fingerprint density at radius 3 is 1.80 bits per heavy atom. The van der Waals surface area contributed by atoms with Crippen LogP contribution in [0.1, 0.15) is 0 Å². The Morgan fingerprint density at radius 1 is 0.594 bits per heavy atom. The molecule has 21 nitrogen and oxygen atoms in total. The lowest BCUT2D eigenvalue weighted by molar-refractivity contribution is -0.166. The molecule has 0 spiro atoms. The number of anilines is 1. The summed E-state index contributed by atoms with van der Waals surface area (Å²) in [6.07, 6.45) is 0. The molecule has 0 unspecified atom stereocenters. The van der Waals surface area contributed by atoms with E-state index in [-0.39, 0.29) is 75.3 Å². The number of benzene rings is 4. The van der Waals surface area contributed by atoms with Gasteiger partial charge >= 0.3 is 17.9 Å². The summed E-state index contributed by atoms with van der Waals surface area (Å²) in [6, 6.07) is 14.6. The van der Waals surface area contributed by atoms with Crippen molar-refractivity contribution in [3.05, 3.63) is 88.6 Å². The van der Waals surface area contributed by atoms with Crippen molar-refractivity contribution in [3.8, 4) is 45.4 Å². The van der Waals surface area contributed by atoms with Crippen LogP contribution in [0.2, 0.25) is 0 Å². The second kappa shape index (κ2) is 24.8. The van der Waals surface area contributed by atoms with Gasteiger partial charge in [-0.1, -0.05) is 18.2 Å². The van der Waals surface area contributed by atoms with E-state index < -0.39 is 109 Å². The molecule has 0 saturated carbocycles. The molecule has 0 aromatic heterocycles. The number of carbonyl (C=O) groups is 3. The standard InChI is InChI=1S/C41H41F2NO20/c42-28-10-26-34(12-31(28)49)64-35-13-36(60-21-53-17-45)29(43)11-27(35)41(26)25-5-6-30(44(14-38(50)61-22-54-18-46)15-39(51)62-23-55-19-47)37(9-25)58-8-7-57-32-3-1-2-4-33(32)59-16-40(52)63-24-56-20-48/h1-6,9-13,45-48H,7-8,14-24H2. The van der Waals surface area contributed by atoms with Gasteiger partial charge in [0.2, 0.25) is 5.43 Å². The Hall–Kier alpha value is -6.70. The molecule has 5 rings (SSSR count). The fourth-order valence-electron chi connectivity index (χ4n) is 5.74. The number of hydrogen-bond donors (Lipinski definition) is 4. The van der Waals surface area contributed by atoms with Gasteiger partial charge in [0.05, 0.1) is 5.69 Å². The Kier molecular flexibility index (Phi) is 18.7. The van der Waals surface area contributed by atoms with Crippen LogP contribution in [0, 0.1) is 11.6 Å². The number of aliphatic hydroxyl groups is 4.